The van der Waals surface area contributed by atoms with Crippen molar-refractivity contribution in [1.82, 2.24) is 15.2 Å². The molecule has 4 amide bonds. The molecule has 1 saturated carbocycles. The smallest absolute Gasteiger partial charge is 0.422 e. The van der Waals surface area contributed by atoms with Gasteiger partial charge in [-0.25, -0.2) is 9.78 Å². The van der Waals surface area contributed by atoms with Gasteiger partial charge in [0.25, 0.3) is 5.91 Å². The van der Waals surface area contributed by atoms with Crippen molar-refractivity contribution in [2.24, 2.45) is 11.3 Å². The van der Waals surface area contributed by atoms with E-state index in [9.17, 15) is 27.6 Å². The third-order valence-electron chi connectivity index (χ3n) is 6.81. The number of carbonyl (C=O) groups excluding carboxylic acids is 3. The van der Waals surface area contributed by atoms with Crippen LogP contribution in [0.3, 0.4) is 0 Å². The summed E-state index contributed by atoms with van der Waals surface area (Å²) in [5.41, 5.74) is -0.603. The Bertz CT molecular complexity index is 894. The Morgan fingerprint density at radius 3 is 2.48 bits per heavy atom. The zero-order valence-electron chi connectivity index (χ0n) is 18.9. The van der Waals surface area contributed by atoms with Gasteiger partial charge in [-0.1, -0.05) is 27.2 Å². The standard InChI is InChI=1S/C22H29F3N4O4/c1-4-20(2,3)14-7-9-21(10-8-14)18(31)29(19(32)28-21)12-16(30)27-15-5-6-17(26-11-15)33-13-22(23,24)25/h5-6,11,14H,4,7-10,12-13H2,1-3H3,(H,27,30)(H,28,32). The minimum atomic E-state index is -4.49. The fraction of sp³-hybridized carbons (Fsp3) is 0.636. The van der Waals surface area contributed by atoms with Crippen molar-refractivity contribution in [3.05, 3.63) is 18.3 Å². The van der Waals surface area contributed by atoms with Gasteiger partial charge in [-0.2, -0.15) is 13.2 Å². The number of nitrogens with one attached hydrogen (secondary N) is 2. The fourth-order valence-corrected chi connectivity index (χ4v) is 4.38. The first kappa shape index (κ1) is 24.8. The monoisotopic (exact) mass is 470 g/mol. The number of aromatic nitrogens is 1. The van der Waals surface area contributed by atoms with Gasteiger partial charge in [-0.3, -0.25) is 14.5 Å². The van der Waals surface area contributed by atoms with Gasteiger partial charge in [0.2, 0.25) is 11.8 Å². The van der Waals surface area contributed by atoms with Crippen LogP contribution >= 0.6 is 0 Å². The molecule has 0 atom stereocenters. The molecule has 1 saturated heterocycles. The molecule has 1 aromatic heterocycles. The van der Waals surface area contributed by atoms with Crippen molar-refractivity contribution < 1.29 is 32.3 Å². The molecule has 2 heterocycles. The summed E-state index contributed by atoms with van der Waals surface area (Å²) in [6, 6.07) is 1.90. The average Bonchev–Trinajstić information content (AvgIpc) is 2.97. The van der Waals surface area contributed by atoms with Crippen LogP contribution in [0.15, 0.2) is 18.3 Å². The molecule has 2 fully saturated rings. The minimum Gasteiger partial charge on any atom is -0.468 e. The van der Waals surface area contributed by atoms with Crippen LogP contribution in [-0.2, 0) is 9.59 Å². The number of carbonyl (C=O) groups is 3. The van der Waals surface area contributed by atoms with Gasteiger partial charge in [0.1, 0.15) is 12.1 Å². The first-order valence-electron chi connectivity index (χ1n) is 10.9. The summed E-state index contributed by atoms with van der Waals surface area (Å²) in [7, 11) is 0. The Kier molecular flexibility index (Phi) is 6.90. The van der Waals surface area contributed by atoms with E-state index in [4.69, 9.17) is 0 Å². The van der Waals surface area contributed by atoms with Gasteiger partial charge in [0, 0.05) is 6.07 Å². The number of urea groups is 1. The van der Waals surface area contributed by atoms with E-state index in [0.717, 1.165) is 30.4 Å². The summed E-state index contributed by atoms with van der Waals surface area (Å²) in [5.74, 6) is -0.805. The summed E-state index contributed by atoms with van der Waals surface area (Å²) < 4.78 is 41.1. The number of ether oxygens (including phenoxy) is 1. The maximum absolute atomic E-state index is 13.0. The summed E-state index contributed by atoms with van der Waals surface area (Å²) in [4.78, 5) is 42.5. The molecule has 0 unspecified atom stereocenters. The molecule has 1 aromatic rings. The van der Waals surface area contributed by atoms with Gasteiger partial charge >= 0.3 is 12.2 Å². The van der Waals surface area contributed by atoms with Crippen molar-refractivity contribution in [1.29, 1.82) is 0 Å². The maximum atomic E-state index is 13.0. The van der Waals surface area contributed by atoms with E-state index in [1.54, 1.807) is 0 Å². The molecule has 3 rings (SSSR count). The van der Waals surface area contributed by atoms with Crippen LogP contribution < -0.4 is 15.4 Å². The molecule has 182 valence electrons. The van der Waals surface area contributed by atoms with Crippen LogP contribution in [-0.4, -0.2) is 52.6 Å². The molecular weight excluding hydrogens is 441 g/mol. The zero-order valence-corrected chi connectivity index (χ0v) is 18.9. The highest BCUT2D eigenvalue weighted by Crippen LogP contribution is 2.45. The third kappa shape index (κ3) is 5.75. The first-order chi connectivity index (χ1) is 15.3. The molecule has 8 nitrogen and oxygen atoms in total. The van der Waals surface area contributed by atoms with E-state index in [0.29, 0.717) is 18.8 Å². The van der Waals surface area contributed by atoms with Gasteiger partial charge in [0.05, 0.1) is 11.9 Å². The van der Waals surface area contributed by atoms with Crippen LogP contribution in [0.4, 0.5) is 23.7 Å². The maximum Gasteiger partial charge on any atom is 0.422 e. The molecule has 0 aromatic carbocycles. The number of hydrogen-bond acceptors (Lipinski definition) is 5. The SMILES string of the molecule is CCC(C)(C)C1CCC2(CC1)NC(=O)N(CC(=O)Nc1ccc(OCC(F)(F)F)nc1)C2=O. The Labute approximate surface area is 190 Å². The fourth-order valence-electron chi connectivity index (χ4n) is 4.38. The van der Waals surface area contributed by atoms with Crippen LogP contribution in [0.25, 0.3) is 0 Å². The van der Waals surface area contributed by atoms with Gasteiger partial charge in [0.15, 0.2) is 6.61 Å². The lowest BCUT2D eigenvalue weighted by Gasteiger charge is -2.42. The number of imide groups is 1. The third-order valence-corrected chi connectivity index (χ3v) is 6.81. The number of anilines is 1. The van der Waals surface area contributed by atoms with Crippen molar-refractivity contribution in [3.8, 4) is 5.88 Å². The van der Waals surface area contributed by atoms with Gasteiger partial charge in [-0.15, -0.1) is 0 Å². The van der Waals surface area contributed by atoms with Crippen molar-refractivity contribution in [2.45, 2.75) is 64.6 Å². The average molecular weight is 470 g/mol. The van der Waals surface area contributed by atoms with Crippen molar-refractivity contribution >= 4 is 23.5 Å². The summed E-state index contributed by atoms with van der Waals surface area (Å²) in [6.07, 6.45) is 0.387. The number of nitrogens with zero attached hydrogens (tertiary/aromatic N) is 2. The molecule has 0 radical (unpaired) electrons. The topological polar surface area (TPSA) is 101 Å². The molecule has 33 heavy (non-hydrogen) atoms. The van der Waals surface area contributed by atoms with Crippen molar-refractivity contribution in [2.75, 3.05) is 18.5 Å². The van der Waals surface area contributed by atoms with Crippen LogP contribution in [0.5, 0.6) is 5.88 Å². The minimum absolute atomic E-state index is 0.161. The lowest BCUT2D eigenvalue weighted by Crippen LogP contribution is -2.51. The second-order valence-corrected chi connectivity index (χ2v) is 9.36. The second-order valence-electron chi connectivity index (χ2n) is 9.36. The molecule has 1 aliphatic carbocycles. The van der Waals surface area contributed by atoms with Gasteiger partial charge < -0.3 is 15.4 Å². The quantitative estimate of drug-likeness (QED) is 0.589. The molecule has 1 spiro atoms. The number of halogens is 3. The van der Waals surface area contributed by atoms with E-state index >= 15 is 0 Å². The Hall–Kier alpha value is -2.85. The van der Waals surface area contributed by atoms with Crippen LogP contribution in [0, 0.1) is 11.3 Å². The number of hydrogen-bond donors (Lipinski definition) is 2. The van der Waals surface area contributed by atoms with Gasteiger partial charge in [-0.05, 0) is 43.1 Å². The highest BCUT2D eigenvalue weighted by Gasteiger charge is 2.53. The summed E-state index contributed by atoms with van der Waals surface area (Å²) in [6.45, 7) is 4.63. The lowest BCUT2D eigenvalue weighted by atomic mass is 9.65. The summed E-state index contributed by atoms with van der Waals surface area (Å²) >= 11 is 0. The number of rotatable bonds is 7. The predicted octanol–water partition coefficient (Wildman–Crippen LogP) is 3.88. The van der Waals surface area contributed by atoms with E-state index in [-0.39, 0.29) is 17.0 Å². The number of alkyl halides is 3. The molecular formula is C22H29F3N4O4. The lowest BCUT2D eigenvalue weighted by molar-refractivity contribution is -0.154. The molecule has 0 bridgehead atoms. The normalized spacial score (nSPS) is 23.6. The first-order valence-corrected chi connectivity index (χ1v) is 10.9. The Morgan fingerprint density at radius 1 is 1.27 bits per heavy atom. The second kappa shape index (κ2) is 9.18. The van der Waals surface area contributed by atoms with E-state index in [2.05, 4.69) is 41.1 Å². The highest BCUT2D eigenvalue weighted by molar-refractivity contribution is 6.10. The van der Waals surface area contributed by atoms with Crippen LogP contribution in [0.1, 0.15) is 52.9 Å². The zero-order chi connectivity index (χ0) is 24.4. The van der Waals surface area contributed by atoms with Crippen molar-refractivity contribution in [3.63, 3.8) is 0 Å². The molecule has 2 N–H and O–H groups in total. The van der Waals surface area contributed by atoms with E-state index in [1.807, 2.05) is 0 Å². The number of amides is 4. The molecule has 11 heteroatoms. The van der Waals surface area contributed by atoms with E-state index < -0.39 is 42.7 Å². The molecule has 1 aliphatic heterocycles. The Morgan fingerprint density at radius 2 is 1.94 bits per heavy atom. The predicted molar refractivity (Wildman–Crippen MR) is 113 cm³/mol. The summed E-state index contributed by atoms with van der Waals surface area (Å²) in [5, 5.41) is 5.28. The largest absolute Gasteiger partial charge is 0.468 e. The molecule has 2 aliphatic rings. The van der Waals surface area contributed by atoms with E-state index in [1.165, 1.54) is 12.1 Å². The highest BCUT2D eigenvalue weighted by atomic mass is 19.4. The Balaban J connectivity index is 1.55. The number of pyridine rings is 1. The van der Waals surface area contributed by atoms with Crippen LogP contribution in [0.2, 0.25) is 0 Å².